The Morgan fingerprint density at radius 1 is 1.03 bits per heavy atom. The molecule has 1 atom stereocenters. The molecule has 0 saturated carbocycles. The molecule has 0 fully saturated rings. The van der Waals surface area contributed by atoms with Crippen LogP contribution in [0.25, 0.3) is 11.0 Å². The average Bonchev–Trinajstić information content (AvgIpc) is 3.27. The van der Waals surface area contributed by atoms with Crippen molar-refractivity contribution in [2.75, 3.05) is 11.8 Å². The lowest BCUT2D eigenvalue weighted by atomic mass is 10.1. The van der Waals surface area contributed by atoms with Gasteiger partial charge < -0.3 is 4.90 Å². The number of sulfonamides is 1. The third-order valence-corrected chi connectivity index (χ3v) is 7.13. The first-order valence-electron chi connectivity index (χ1n) is 9.63. The number of aromatic nitrogens is 2. The van der Waals surface area contributed by atoms with Gasteiger partial charge in [0.1, 0.15) is 21.7 Å². The molecule has 1 N–H and O–H groups in total. The zero-order valence-corrected chi connectivity index (χ0v) is 18.8. The molecule has 4 aromatic rings. The van der Waals surface area contributed by atoms with Crippen molar-refractivity contribution in [2.24, 2.45) is 0 Å². The predicted molar refractivity (Wildman–Crippen MR) is 122 cm³/mol. The summed E-state index contributed by atoms with van der Waals surface area (Å²) in [6.45, 7) is 1.81. The maximum atomic E-state index is 13.2. The standard InChI is InChI=1S/C22H19FN4O3S2/c1-14(15-10-12-16(23)13-11-15)27(2)22(28)17-6-3-4-7-18(17)26-32(29,30)20-9-5-8-19-21(20)25-31-24-19/h3-14,26H,1-2H3. The van der Waals surface area contributed by atoms with Crippen molar-refractivity contribution < 1.29 is 17.6 Å². The second kappa shape index (κ2) is 8.64. The van der Waals surface area contributed by atoms with E-state index >= 15 is 0 Å². The number of hydrogen-bond acceptors (Lipinski definition) is 6. The van der Waals surface area contributed by atoms with Gasteiger partial charge in [0.25, 0.3) is 15.9 Å². The van der Waals surface area contributed by atoms with E-state index in [1.165, 1.54) is 29.2 Å². The number of nitrogens with one attached hydrogen (secondary N) is 1. The summed E-state index contributed by atoms with van der Waals surface area (Å²) < 4.78 is 50.2. The highest BCUT2D eigenvalue weighted by Gasteiger charge is 2.25. The lowest BCUT2D eigenvalue weighted by molar-refractivity contribution is 0.0743. The van der Waals surface area contributed by atoms with Crippen LogP contribution in [0.3, 0.4) is 0 Å². The zero-order valence-electron chi connectivity index (χ0n) is 17.2. The second-order valence-corrected chi connectivity index (χ2v) is 9.36. The van der Waals surface area contributed by atoms with E-state index in [-0.39, 0.29) is 39.4 Å². The Labute approximate surface area is 188 Å². The summed E-state index contributed by atoms with van der Waals surface area (Å²) in [4.78, 5) is 14.7. The van der Waals surface area contributed by atoms with Crippen LogP contribution in [0, 0.1) is 5.82 Å². The Balaban J connectivity index is 1.64. The molecule has 0 aliphatic carbocycles. The minimum atomic E-state index is -4.03. The lowest BCUT2D eigenvalue weighted by Gasteiger charge is -2.26. The number of halogens is 1. The fraction of sp³-hybridized carbons (Fsp3) is 0.136. The number of carbonyl (C=O) groups is 1. The van der Waals surface area contributed by atoms with Gasteiger partial charge in [0.2, 0.25) is 0 Å². The monoisotopic (exact) mass is 470 g/mol. The summed E-state index contributed by atoms with van der Waals surface area (Å²) in [6, 6.07) is 16.6. The first kappa shape index (κ1) is 21.8. The van der Waals surface area contributed by atoms with E-state index in [9.17, 15) is 17.6 Å². The van der Waals surface area contributed by atoms with Crippen molar-refractivity contribution in [2.45, 2.75) is 17.9 Å². The molecule has 1 unspecified atom stereocenters. The molecule has 0 spiro atoms. The Bertz CT molecular complexity index is 1390. The highest BCUT2D eigenvalue weighted by atomic mass is 32.2. The molecule has 0 bridgehead atoms. The van der Waals surface area contributed by atoms with Crippen molar-refractivity contribution in [3.63, 3.8) is 0 Å². The molecule has 10 heteroatoms. The Morgan fingerprint density at radius 3 is 2.50 bits per heavy atom. The molecule has 4 rings (SSSR count). The molecule has 1 amide bonds. The smallest absolute Gasteiger partial charge is 0.264 e. The Hall–Kier alpha value is -3.37. The first-order chi connectivity index (χ1) is 15.3. The van der Waals surface area contributed by atoms with Crippen LogP contribution < -0.4 is 4.72 Å². The van der Waals surface area contributed by atoms with E-state index in [0.29, 0.717) is 5.52 Å². The first-order valence-corrected chi connectivity index (χ1v) is 11.8. The fourth-order valence-corrected chi connectivity index (χ4v) is 5.13. The number of nitrogens with zero attached hydrogens (tertiary/aromatic N) is 3. The van der Waals surface area contributed by atoms with Crippen molar-refractivity contribution in [1.29, 1.82) is 0 Å². The number of benzene rings is 3. The van der Waals surface area contributed by atoms with E-state index in [2.05, 4.69) is 13.5 Å². The number of para-hydroxylation sites is 1. The van der Waals surface area contributed by atoms with Crippen molar-refractivity contribution in [3.8, 4) is 0 Å². The molecule has 7 nitrogen and oxygen atoms in total. The van der Waals surface area contributed by atoms with Crippen LogP contribution >= 0.6 is 11.7 Å². The SMILES string of the molecule is CC(c1ccc(F)cc1)N(C)C(=O)c1ccccc1NS(=O)(=O)c1cccc2nsnc12. The number of hydrogen-bond donors (Lipinski definition) is 1. The van der Waals surface area contributed by atoms with Crippen molar-refractivity contribution in [3.05, 3.63) is 83.7 Å². The molecule has 0 radical (unpaired) electrons. The highest BCUT2D eigenvalue weighted by Crippen LogP contribution is 2.27. The summed E-state index contributed by atoms with van der Waals surface area (Å²) in [7, 11) is -2.41. The second-order valence-electron chi connectivity index (χ2n) is 7.18. The molecular weight excluding hydrogens is 451 g/mol. The van der Waals surface area contributed by atoms with Crippen LogP contribution in [0.15, 0.2) is 71.6 Å². The van der Waals surface area contributed by atoms with Gasteiger partial charge in [-0.25, -0.2) is 12.8 Å². The van der Waals surface area contributed by atoms with Crippen LogP contribution in [-0.2, 0) is 10.0 Å². The van der Waals surface area contributed by atoms with E-state index in [1.54, 1.807) is 49.5 Å². The van der Waals surface area contributed by atoms with Crippen LogP contribution in [0.5, 0.6) is 0 Å². The molecule has 164 valence electrons. The highest BCUT2D eigenvalue weighted by molar-refractivity contribution is 7.93. The molecule has 3 aromatic carbocycles. The van der Waals surface area contributed by atoms with E-state index in [1.807, 2.05) is 6.92 Å². The fourth-order valence-electron chi connectivity index (χ4n) is 3.29. The van der Waals surface area contributed by atoms with Crippen LogP contribution in [-0.4, -0.2) is 35.0 Å². The summed E-state index contributed by atoms with van der Waals surface area (Å²) in [5.74, 6) is -0.742. The van der Waals surface area contributed by atoms with E-state index in [0.717, 1.165) is 17.3 Å². The maximum absolute atomic E-state index is 13.2. The number of rotatable bonds is 6. The van der Waals surface area contributed by atoms with Crippen LogP contribution in [0.2, 0.25) is 0 Å². The molecule has 0 saturated heterocycles. The predicted octanol–water partition coefficient (Wildman–Crippen LogP) is 4.46. The third kappa shape index (κ3) is 4.19. The minimum absolute atomic E-state index is 0.0148. The van der Waals surface area contributed by atoms with Gasteiger partial charge in [-0.15, -0.1) is 0 Å². The van der Waals surface area contributed by atoms with Crippen LogP contribution in [0.4, 0.5) is 10.1 Å². The molecule has 1 aromatic heterocycles. The molecule has 32 heavy (non-hydrogen) atoms. The maximum Gasteiger partial charge on any atom is 0.264 e. The summed E-state index contributed by atoms with van der Waals surface area (Å²) in [5, 5.41) is 0. The van der Waals surface area contributed by atoms with Gasteiger partial charge in [-0.1, -0.05) is 30.3 Å². The van der Waals surface area contributed by atoms with Gasteiger partial charge in [0.05, 0.1) is 29.0 Å². The van der Waals surface area contributed by atoms with Gasteiger partial charge in [0.15, 0.2) is 0 Å². The van der Waals surface area contributed by atoms with Gasteiger partial charge in [-0.3, -0.25) is 9.52 Å². The quantitative estimate of drug-likeness (QED) is 0.449. The number of amides is 1. The summed E-state index contributed by atoms with van der Waals surface area (Å²) in [5.41, 5.74) is 1.85. The molecular formula is C22H19FN4O3S2. The number of carbonyl (C=O) groups excluding carboxylic acids is 1. The summed E-state index contributed by atoms with van der Waals surface area (Å²) in [6.07, 6.45) is 0. The molecule has 1 heterocycles. The Kier molecular flexibility index (Phi) is 5.90. The van der Waals surface area contributed by atoms with Crippen molar-refractivity contribution in [1.82, 2.24) is 13.6 Å². The van der Waals surface area contributed by atoms with Gasteiger partial charge in [0, 0.05) is 7.05 Å². The molecule has 0 aliphatic heterocycles. The van der Waals surface area contributed by atoms with E-state index in [4.69, 9.17) is 0 Å². The van der Waals surface area contributed by atoms with Gasteiger partial charge >= 0.3 is 0 Å². The normalized spacial score (nSPS) is 12.5. The topological polar surface area (TPSA) is 92.3 Å². The third-order valence-electron chi connectivity index (χ3n) is 5.19. The average molecular weight is 471 g/mol. The number of anilines is 1. The van der Waals surface area contributed by atoms with Crippen molar-refractivity contribution >= 4 is 44.4 Å². The Morgan fingerprint density at radius 2 is 1.75 bits per heavy atom. The molecule has 0 aliphatic rings. The minimum Gasteiger partial charge on any atom is -0.335 e. The summed E-state index contributed by atoms with van der Waals surface area (Å²) >= 11 is 0.927. The van der Waals surface area contributed by atoms with Gasteiger partial charge in [-0.2, -0.15) is 8.75 Å². The lowest BCUT2D eigenvalue weighted by Crippen LogP contribution is -2.30. The zero-order chi connectivity index (χ0) is 22.9. The van der Waals surface area contributed by atoms with Gasteiger partial charge in [-0.05, 0) is 48.9 Å². The van der Waals surface area contributed by atoms with E-state index < -0.39 is 10.0 Å². The largest absolute Gasteiger partial charge is 0.335 e. The number of fused-ring (bicyclic) bond motifs is 1. The van der Waals surface area contributed by atoms with Crippen LogP contribution in [0.1, 0.15) is 28.9 Å².